The fourth-order valence-corrected chi connectivity index (χ4v) is 5.36. The fourth-order valence-electron chi connectivity index (χ4n) is 5.36. The first kappa shape index (κ1) is 23.9. The highest BCUT2D eigenvalue weighted by Gasteiger charge is 2.19. The van der Waals surface area contributed by atoms with Crippen molar-refractivity contribution in [3.8, 4) is 11.3 Å². The van der Waals surface area contributed by atoms with Gasteiger partial charge in [-0.2, -0.15) is 0 Å². The lowest BCUT2D eigenvalue weighted by Gasteiger charge is -2.25. The SMILES string of the molecule is CC1=CC(c2ccccc2CC(C)Cc2cc(-c3ccc(C)[nH]3)ccc2C)NC=C1c1ccccc1. The normalized spacial score (nSPS) is 16.2. The molecule has 36 heavy (non-hydrogen) atoms. The molecule has 2 heterocycles. The third-order valence-corrected chi connectivity index (χ3v) is 7.35. The van der Waals surface area contributed by atoms with Crippen LogP contribution in [0, 0.1) is 19.8 Å². The largest absolute Gasteiger partial charge is 0.380 e. The minimum atomic E-state index is 0.196. The number of aryl methyl sites for hydroxylation is 2. The summed E-state index contributed by atoms with van der Waals surface area (Å²) in [6.07, 6.45) is 6.69. The van der Waals surface area contributed by atoms with Gasteiger partial charge in [0.15, 0.2) is 0 Å². The lowest BCUT2D eigenvalue weighted by atomic mass is 9.86. The van der Waals surface area contributed by atoms with Gasteiger partial charge in [0, 0.05) is 23.2 Å². The number of nitrogens with one attached hydrogen (secondary N) is 2. The monoisotopic (exact) mass is 472 g/mol. The molecule has 2 heteroatoms. The lowest BCUT2D eigenvalue weighted by Crippen LogP contribution is -2.20. The van der Waals surface area contributed by atoms with Crippen molar-refractivity contribution in [3.63, 3.8) is 0 Å². The molecule has 2 N–H and O–H groups in total. The smallest absolute Gasteiger partial charge is 0.0701 e. The lowest BCUT2D eigenvalue weighted by molar-refractivity contribution is 0.569. The zero-order valence-corrected chi connectivity index (χ0v) is 21.8. The van der Waals surface area contributed by atoms with Gasteiger partial charge in [0.2, 0.25) is 0 Å². The summed E-state index contributed by atoms with van der Waals surface area (Å²) in [6.45, 7) is 8.94. The van der Waals surface area contributed by atoms with Crippen LogP contribution in [-0.4, -0.2) is 4.98 Å². The number of aromatic amines is 1. The summed E-state index contributed by atoms with van der Waals surface area (Å²) in [5.74, 6) is 0.537. The second-order valence-electron chi connectivity index (χ2n) is 10.3. The van der Waals surface area contributed by atoms with Crippen LogP contribution < -0.4 is 5.32 Å². The summed E-state index contributed by atoms with van der Waals surface area (Å²) < 4.78 is 0. The van der Waals surface area contributed by atoms with Gasteiger partial charge < -0.3 is 10.3 Å². The summed E-state index contributed by atoms with van der Waals surface area (Å²) in [7, 11) is 0. The highest BCUT2D eigenvalue weighted by atomic mass is 14.9. The van der Waals surface area contributed by atoms with Gasteiger partial charge in [-0.05, 0) is 96.7 Å². The summed E-state index contributed by atoms with van der Waals surface area (Å²) in [6, 6.07) is 30.9. The van der Waals surface area contributed by atoms with Crippen LogP contribution in [0.25, 0.3) is 16.8 Å². The molecule has 1 aromatic heterocycles. The van der Waals surface area contributed by atoms with Crippen molar-refractivity contribution in [2.75, 3.05) is 0 Å². The molecular weight excluding hydrogens is 436 g/mol. The van der Waals surface area contributed by atoms with Crippen LogP contribution in [0.2, 0.25) is 0 Å². The zero-order chi connectivity index (χ0) is 25.1. The number of allylic oxidation sites excluding steroid dienone is 2. The fraction of sp³-hybridized carbons (Fsp3) is 0.235. The Morgan fingerprint density at radius 3 is 2.25 bits per heavy atom. The van der Waals surface area contributed by atoms with Gasteiger partial charge in [-0.1, -0.05) is 79.7 Å². The Labute approximate surface area is 215 Å². The van der Waals surface area contributed by atoms with Gasteiger partial charge in [0.1, 0.15) is 0 Å². The number of dihydropyridines is 1. The van der Waals surface area contributed by atoms with E-state index in [0.29, 0.717) is 5.92 Å². The maximum atomic E-state index is 3.67. The number of aromatic nitrogens is 1. The quantitative estimate of drug-likeness (QED) is 0.278. The summed E-state index contributed by atoms with van der Waals surface area (Å²) in [5.41, 5.74) is 13.1. The molecule has 2 nitrogen and oxygen atoms in total. The van der Waals surface area contributed by atoms with Crippen LogP contribution in [0.1, 0.15) is 53.4 Å². The van der Waals surface area contributed by atoms with E-state index < -0.39 is 0 Å². The van der Waals surface area contributed by atoms with E-state index in [2.05, 4.69) is 135 Å². The summed E-state index contributed by atoms with van der Waals surface area (Å²) in [4.78, 5) is 3.48. The molecule has 0 saturated carbocycles. The third-order valence-electron chi connectivity index (χ3n) is 7.35. The number of benzene rings is 3. The van der Waals surface area contributed by atoms with Crippen LogP contribution in [0.4, 0.5) is 0 Å². The third kappa shape index (κ3) is 5.23. The highest BCUT2D eigenvalue weighted by Crippen LogP contribution is 2.32. The van der Waals surface area contributed by atoms with Crippen LogP contribution in [0.15, 0.2) is 103 Å². The molecule has 0 aliphatic carbocycles. The van der Waals surface area contributed by atoms with E-state index >= 15 is 0 Å². The molecule has 0 bridgehead atoms. The number of rotatable bonds is 7. The van der Waals surface area contributed by atoms with Crippen LogP contribution in [0.5, 0.6) is 0 Å². The van der Waals surface area contributed by atoms with Crippen molar-refractivity contribution < 1.29 is 0 Å². The molecule has 0 saturated heterocycles. The van der Waals surface area contributed by atoms with Crippen molar-refractivity contribution in [1.29, 1.82) is 0 Å². The maximum Gasteiger partial charge on any atom is 0.0701 e. The van der Waals surface area contributed by atoms with Gasteiger partial charge >= 0.3 is 0 Å². The van der Waals surface area contributed by atoms with E-state index in [9.17, 15) is 0 Å². The highest BCUT2D eigenvalue weighted by molar-refractivity contribution is 5.79. The van der Waals surface area contributed by atoms with Crippen molar-refractivity contribution in [3.05, 3.63) is 136 Å². The molecule has 2 unspecified atom stereocenters. The minimum absolute atomic E-state index is 0.196. The Bertz CT molecular complexity index is 1400. The van der Waals surface area contributed by atoms with Gasteiger partial charge in [-0.15, -0.1) is 0 Å². The molecule has 3 aromatic carbocycles. The molecule has 1 aliphatic rings. The van der Waals surface area contributed by atoms with E-state index in [0.717, 1.165) is 12.8 Å². The predicted molar refractivity (Wildman–Crippen MR) is 153 cm³/mol. The second kappa shape index (κ2) is 10.5. The van der Waals surface area contributed by atoms with Gasteiger partial charge in [0.25, 0.3) is 0 Å². The van der Waals surface area contributed by atoms with E-state index in [4.69, 9.17) is 0 Å². The minimum Gasteiger partial charge on any atom is -0.380 e. The molecule has 2 atom stereocenters. The summed E-state index contributed by atoms with van der Waals surface area (Å²) in [5, 5.41) is 3.67. The average Bonchev–Trinajstić information content (AvgIpc) is 3.32. The van der Waals surface area contributed by atoms with Crippen LogP contribution >= 0.6 is 0 Å². The predicted octanol–water partition coefficient (Wildman–Crippen LogP) is 8.35. The Kier molecular flexibility index (Phi) is 6.95. The number of hydrogen-bond acceptors (Lipinski definition) is 1. The molecule has 0 spiro atoms. The van der Waals surface area contributed by atoms with E-state index in [1.54, 1.807) is 0 Å². The van der Waals surface area contributed by atoms with E-state index in [1.165, 1.54) is 55.9 Å². The van der Waals surface area contributed by atoms with Gasteiger partial charge in [-0.3, -0.25) is 0 Å². The van der Waals surface area contributed by atoms with Crippen LogP contribution in [0.3, 0.4) is 0 Å². The Morgan fingerprint density at radius 2 is 1.50 bits per heavy atom. The zero-order valence-electron chi connectivity index (χ0n) is 21.8. The van der Waals surface area contributed by atoms with Crippen molar-refractivity contribution >= 4 is 5.57 Å². The molecule has 0 radical (unpaired) electrons. The maximum absolute atomic E-state index is 3.67. The van der Waals surface area contributed by atoms with Gasteiger partial charge in [0.05, 0.1) is 6.04 Å². The van der Waals surface area contributed by atoms with Crippen LogP contribution in [-0.2, 0) is 12.8 Å². The van der Waals surface area contributed by atoms with Crippen molar-refractivity contribution in [1.82, 2.24) is 10.3 Å². The standard InChI is InChI=1S/C34H36N2/c1-23(19-30-21-29(16-14-24(30)2)33-17-15-26(4)36-33)18-28-12-8-9-13-31(28)34-20-25(3)32(22-35-34)27-10-6-5-7-11-27/h5-17,20-23,34-36H,18-19H2,1-4H3. The molecule has 1 aliphatic heterocycles. The molecular formula is C34H36N2. The first-order valence-electron chi connectivity index (χ1n) is 13.0. The van der Waals surface area contributed by atoms with Gasteiger partial charge in [-0.25, -0.2) is 0 Å². The molecule has 0 fully saturated rings. The molecule has 182 valence electrons. The first-order chi connectivity index (χ1) is 17.5. The number of H-pyrrole nitrogens is 1. The molecule has 0 amide bonds. The van der Waals surface area contributed by atoms with E-state index in [-0.39, 0.29) is 6.04 Å². The topological polar surface area (TPSA) is 27.8 Å². The average molecular weight is 473 g/mol. The number of hydrogen-bond donors (Lipinski definition) is 2. The van der Waals surface area contributed by atoms with E-state index in [1.807, 2.05) is 0 Å². The van der Waals surface area contributed by atoms with Crippen molar-refractivity contribution in [2.24, 2.45) is 5.92 Å². The summed E-state index contributed by atoms with van der Waals surface area (Å²) >= 11 is 0. The Hall–Kier alpha value is -3.78. The molecule has 4 aromatic rings. The Balaban J connectivity index is 1.32. The van der Waals surface area contributed by atoms with Crippen molar-refractivity contribution in [2.45, 2.75) is 46.6 Å². The Morgan fingerprint density at radius 1 is 0.750 bits per heavy atom. The molecule has 5 rings (SSSR count). The first-order valence-corrected chi connectivity index (χ1v) is 13.0. The second-order valence-corrected chi connectivity index (χ2v) is 10.3.